The molecule has 0 atom stereocenters. The standard InChI is InChI=1S/C11H16N2O2S/c12-9-3-8-16-10(9)11(14)15-7-6-13-4-1-2-5-13/h3,8H,1-2,4-7,12H2. The molecule has 0 amide bonds. The number of thiophene rings is 1. The Morgan fingerprint density at radius 1 is 1.50 bits per heavy atom. The zero-order valence-electron chi connectivity index (χ0n) is 9.15. The van der Waals surface area contributed by atoms with Crippen LogP contribution >= 0.6 is 11.3 Å². The lowest BCUT2D eigenvalue weighted by molar-refractivity contribution is 0.0479. The van der Waals surface area contributed by atoms with Crippen molar-refractivity contribution in [3.05, 3.63) is 16.3 Å². The molecule has 2 rings (SSSR count). The first kappa shape index (κ1) is 11.4. The molecule has 1 aromatic rings. The largest absolute Gasteiger partial charge is 0.460 e. The van der Waals surface area contributed by atoms with Crippen LogP contribution < -0.4 is 5.73 Å². The second kappa shape index (κ2) is 5.32. The molecule has 0 aromatic carbocycles. The smallest absolute Gasteiger partial charge is 0.350 e. The number of carbonyl (C=O) groups is 1. The van der Waals surface area contributed by atoms with E-state index in [2.05, 4.69) is 4.90 Å². The monoisotopic (exact) mass is 240 g/mol. The molecule has 88 valence electrons. The van der Waals surface area contributed by atoms with Crippen LogP contribution in [0, 0.1) is 0 Å². The van der Waals surface area contributed by atoms with Crippen molar-refractivity contribution < 1.29 is 9.53 Å². The molecular formula is C11H16N2O2S. The molecule has 16 heavy (non-hydrogen) atoms. The van der Waals surface area contributed by atoms with Gasteiger partial charge in [0.15, 0.2) is 0 Å². The summed E-state index contributed by atoms with van der Waals surface area (Å²) in [6.45, 7) is 3.53. The summed E-state index contributed by atoms with van der Waals surface area (Å²) in [5.74, 6) is -0.299. The summed E-state index contributed by atoms with van der Waals surface area (Å²) < 4.78 is 5.18. The normalized spacial score (nSPS) is 16.5. The fraction of sp³-hybridized carbons (Fsp3) is 0.545. The molecule has 1 saturated heterocycles. The van der Waals surface area contributed by atoms with Crippen molar-refractivity contribution in [3.8, 4) is 0 Å². The molecular weight excluding hydrogens is 224 g/mol. The Balaban J connectivity index is 1.73. The van der Waals surface area contributed by atoms with Gasteiger partial charge in [-0.15, -0.1) is 11.3 Å². The van der Waals surface area contributed by atoms with Gasteiger partial charge in [-0.05, 0) is 37.4 Å². The third-order valence-corrected chi connectivity index (χ3v) is 3.63. The molecule has 1 fully saturated rings. The minimum absolute atomic E-state index is 0.299. The zero-order valence-corrected chi connectivity index (χ0v) is 9.96. The highest BCUT2D eigenvalue weighted by Gasteiger charge is 2.14. The van der Waals surface area contributed by atoms with E-state index in [4.69, 9.17) is 10.5 Å². The van der Waals surface area contributed by atoms with Crippen molar-refractivity contribution >= 4 is 23.0 Å². The van der Waals surface area contributed by atoms with Gasteiger partial charge in [0.05, 0.1) is 5.69 Å². The molecule has 1 aliphatic heterocycles. The van der Waals surface area contributed by atoms with E-state index in [1.54, 1.807) is 11.4 Å². The summed E-state index contributed by atoms with van der Waals surface area (Å²) in [6.07, 6.45) is 2.51. The Hall–Kier alpha value is -1.07. The summed E-state index contributed by atoms with van der Waals surface area (Å²) in [7, 11) is 0. The van der Waals surface area contributed by atoms with Gasteiger partial charge in [0, 0.05) is 6.54 Å². The SMILES string of the molecule is Nc1ccsc1C(=O)OCCN1CCCC1. The highest BCUT2D eigenvalue weighted by molar-refractivity contribution is 7.12. The van der Waals surface area contributed by atoms with Gasteiger partial charge < -0.3 is 10.5 Å². The van der Waals surface area contributed by atoms with Crippen LogP contribution in [0.1, 0.15) is 22.5 Å². The van der Waals surface area contributed by atoms with Gasteiger partial charge in [-0.1, -0.05) is 0 Å². The van der Waals surface area contributed by atoms with Gasteiger partial charge >= 0.3 is 5.97 Å². The predicted octanol–water partition coefficient (Wildman–Crippen LogP) is 1.58. The van der Waals surface area contributed by atoms with Crippen molar-refractivity contribution in [1.29, 1.82) is 0 Å². The summed E-state index contributed by atoms with van der Waals surface area (Å²) >= 11 is 1.33. The minimum atomic E-state index is -0.299. The van der Waals surface area contributed by atoms with E-state index >= 15 is 0 Å². The topological polar surface area (TPSA) is 55.6 Å². The lowest BCUT2D eigenvalue weighted by Gasteiger charge is -2.13. The quantitative estimate of drug-likeness (QED) is 0.812. The maximum atomic E-state index is 11.6. The average Bonchev–Trinajstić information content (AvgIpc) is 2.88. The summed E-state index contributed by atoms with van der Waals surface area (Å²) in [6, 6.07) is 1.72. The molecule has 0 radical (unpaired) electrons. The van der Waals surface area contributed by atoms with E-state index in [1.165, 1.54) is 24.2 Å². The van der Waals surface area contributed by atoms with Gasteiger partial charge in [0.2, 0.25) is 0 Å². The number of carbonyl (C=O) groups excluding carboxylic acids is 1. The number of hydrogen-bond donors (Lipinski definition) is 1. The molecule has 5 heteroatoms. The van der Waals surface area contributed by atoms with Gasteiger partial charge in [-0.3, -0.25) is 4.90 Å². The Labute approximate surface area is 99.0 Å². The second-order valence-corrected chi connectivity index (χ2v) is 4.81. The first-order valence-corrected chi connectivity index (χ1v) is 6.38. The van der Waals surface area contributed by atoms with Gasteiger partial charge in [0.25, 0.3) is 0 Å². The van der Waals surface area contributed by atoms with Crippen molar-refractivity contribution in [1.82, 2.24) is 4.90 Å². The Kier molecular flexibility index (Phi) is 3.79. The van der Waals surface area contributed by atoms with E-state index in [1.807, 2.05) is 0 Å². The zero-order chi connectivity index (χ0) is 11.4. The summed E-state index contributed by atoms with van der Waals surface area (Å²) in [4.78, 5) is 14.4. The fourth-order valence-corrected chi connectivity index (χ4v) is 2.53. The lowest BCUT2D eigenvalue weighted by Crippen LogP contribution is -2.25. The third-order valence-electron chi connectivity index (χ3n) is 2.72. The minimum Gasteiger partial charge on any atom is -0.460 e. The average molecular weight is 240 g/mol. The maximum Gasteiger partial charge on any atom is 0.350 e. The van der Waals surface area contributed by atoms with Crippen LogP contribution in [-0.4, -0.2) is 37.1 Å². The van der Waals surface area contributed by atoms with Crippen LogP contribution in [0.5, 0.6) is 0 Å². The van der Waals surface area contributed by atoms with Crippen LogP contribution in [0.25, 0.3) is 0 Å². The highest BCUT2D eigenvalue weighted by atomic mass is 32.1. The van der Waals surface area contributed by atoms with Gasteiger partial charge in [-0.2, -0.15) is 0 Å². The number of rotatable bonds is 4. The summed E-state index contributed by atoms with van der Waals surface area (Å²) in [5, 5.41) is 1.80. The number of nitrogens with zero attached hydrogens (tertiary/aromatic N) is 1. The second-order valence-electron chi connectivity index (χ2n) is 3.89. The van der Waals surface area contributed by atoms with Crippen LogP contribution in [-0.2, 0) is 4.74 Å². The van der Waals surface area contributed by atoms with Crippen molar-refractivity contribution in [3.63, 3.8) is 0 Å². The molecule has 0 unspecified atom stereocenters. The van der Waals surface area contributed by atoms with Gasteiger partial charge in [0.1, 0.15) is 11.5 Å². The van der Waals surface area contributed by atoms with Crippen LogP contribution in [0.15, 0.2) is 11.4 Å². The third kappa shape index (κ3) is 2.74. The molecule has 0 saturated carbocycles. The van der Waals surface area contributed by atoms with Crippen LogP contribution in [0.4, 0.5) is 5.69 Å². The van der Waals surface area contributed by atoms with E-state index in [-0.39, 0.29) is 5.97 Å². The predicted molar refractivity (Wildman–Crippen MR) is 64.7 cm³/mol. The number of esters is 1. The molecule has 4 nitrogen and oxygen atoms in total. The highest BCUT2D eigenvalue weighted by Crippen LogP contribution is 2.19. The van der Waals surface area contributed by atoms with E-state index in [0.717, 1.165) is 19.6 Å². The molecule has 2 N–H and O–H groups in total. The van der Waals surface area contributed by atoms with Crippen molar-refractivity contribution in [2.75, 3.05) is 32.0 Å². The number of anilines is 1. The molecule has 0 bridgehead atoms. The maximum absolute atomic E-state index is 11.6. The number of ether oxygens (including phenoxy) is 1. The van der Waals surface area contributed by atoms with Crippen LogP contribution in [0.3, 0.4) is 0 Å². The Morgan fingerprint density at radius 2 is 2.25 bits per heavy atom. The van der Waals surface area contributed by atoms with E-state index in [0.29, 0.717) is 17.2 Å². The van der Waals surface area contributed by atoms with E-state index < -0.39 is 0 Å². The lowest BCUT2D eigenvalue weighted by atomic mass is 10.4. The van der Waals surface area contributed by atoms with Gasteiger partial charge in [-0.25, -0.2) is 4.79 Å². The van der Waals surface area contributed by atoms with Crippen molar-refractivity contribution in [2.45, 2.75) is 12.8 Å². The number of hydrogen-bond acceptors (Lipinski definition) is 5. The number of nitrogens with two attached hydrogens (primary N) is 1. The fourth-order valence-electron chi connectivity index (χ4n) is 1.82. The first-order valence-electron chi connectivity index (χ1n) is 5.50. The van der Waals surface area contributed by atoms with Crippen molar-refractivity contribution in [2.24, 2.45) is 0 Å². The summed E-state index contributed by atoms with van der Waals surface area (Å²) in [5.41, 5.74) is 6.14. The molecule has 1 aliphatic rings. The number of nitrogen functional groups attached to an aromatic ring is 1. The molecule has 0 aliphatic carbocycles. The Morgan fingerprint density at radius 3 is 2.88 bits per heavy atom. The van der Waals surface area contributed by atoms with E-state index in [9.17, 15) is 4.79 Å². The molecule has 2 heterocycles. The molecule has 0 spiro atoms. The first-order chi connectivity index (χ1) is 7.77. The number of likely N-dealkylation sites (tertiary alicyclic amines) is 1. The molecule has 1 aromatic heterocycles. The Bertz CT molecular complexity index is 359. The van der Waals surface area contributed by atoms with Crippen LogP contribution in [0.2, 0.25) is 0 Å².